The van der Waals surface area contributed by atoms with Crippen molar-refractivity contribution in [2.75, 3.05) is 6.54 Å². The molecule has 0 radical (unpaired) electrons. The smallest absolute Gasteiger partial charge is 0.185 e. The van der Waals surface area contributed by atoms with E-state index in [9.17, 15) is 0 Å². The normalized spacial score (nSPS) is 25.8. The maximum absolute atomic E-state index is 5.31. The highest BCUT2D eigenvalue weighted by Crippen LogP contribution is 2.17. The van der Waals surface area contributed by atoms with Crippen LogP contribution in [0.25, 0.3) is 0 Å². The van der Waals surface area contributed by atoms with Gasteiger partial charge in [-0.3, -0.25) is 5.01 Å². The lowest BCUT2D eigenvalue weighted by Gasteiger charge is -2.25. The molecule has 0 spiro atoms. The second-order valence-corrected chi connectivity index (χ2v) is 4.87. The first kappa shape index (κ1) is 12.7. The first-order chi connectivity index (χ1) is 7.11. The third kappa shape index (κ3) is 3.61. The molecule has 1 atom stereocenters. The molecule has 2 N–H and O–H groups in total. The van der Waals surface area contributed by atoms with Gasteiger partial charge < -0.3 is 5.32 Å². The van der Waals surface area contributed by atoms with E-state index in [1.54, 1.807) is 0 Å². The van der Waals surface area contributed by atoms with E-state index in [2.05, 4.69) is 36.5 Å². The molecule has 1 saturated heterocycles. The van der Waals surface area contributed by atoms with Crippen molar-refractivity contribution >= 4 is 17.3 Å². The van der Waals surface area contributed by atoms with Gasteiger partial charge in [-0.15, -0.1) is 0 Å². The summed E-state index contributed by atoms with van der Waals surface area (Å²) in [6.45, 7) is 7.60. The van der Waals surface area contributed by atoms with Crippen LogP contribution in [0, 0.1) is 0 Å². The van der Waals surface area contributed by atoms with E-state index in [-0.39, 0.29) is 5.66 Å². The Labute approximate surface area is 98.6 Å². The molecule has 3 nitrogen and oxygen atoms in total. The van der Waals surface area contributed by atoms with Gasteiger partial charge in [-0.1, -0.05) is 26.7 Å². The van der Waals surface area contributed by atoms with Gasteiger partial charge in [0.15, 0.2) is 5.11 Å². The number of hydrogen-bond donors (Lipinski definition) is 2. The molecule has 1 rings (SSSR count). The first-order valence-corrected chi connectivity index (χ1v) is 6.39. The molecule has 0 saturated carbocycles. The van der Waals surface area contributed by atoms with Crippen molar-refractivity contribution in [1.29, 1.82) is 0 Å². The predicted molar refractivity (Wildman–Crippen MR) is 68.4 cm³/mol. The Morgan fingerprint density at radius 1 is 1.27 bits per heavy atom. The average Bonchev–Trinajstić information content (AvgIpc) is 2.49. The van der Waals surface area contributed by atoms with Crippen molar-refractivity contribution in [3.8, 4) is 0 Å². The van der Waals surface area contributed by atoms with E-state index in [1.807, 2.05) is 0 Å². The van der Waals surface area contributed by atoms with Crippen LogP contribution in [0.3, 0.4) is 0 Å². The zero-order chi connectivity index (χ0) is 11.3. The lowest BCUT2D eigenvalue weighted by atomic mass is 10.1. The van der Waals surface area contributed by atoms with Crippen molar-refractivity contribution in [3.63, 3.8) is 0 Å². The topological polar surface area (TPSA) is 27.3 Å². The highest BCUT2D eigenvalue weighted by atomic mass is 32.1. The predicted octanol–water partition coefficient (Wildman–Crippen LogP) is 2.39. The van der Waals surface area contributed by atoms with E-state index in [4.69, 9.17) is 12.2 Å². The zero-order valence-corrected chi connectivity index (χ0v) is 10.9. The van der Waals surface area contributed by atoms with Gasteiger partial charge in [0.25, 0.3) is 0 Å². The van der Waals surface area contributed by atoms with Crippen LogP contribution in [-0.4, -0.2) is 22.3 Å². The molecular formula is C11H23N3S. The van der Waals surface area contributed by atoms with Crippen LogP contribution < -0.4 is 10.7 Å². The van der Waals surface area contributed by atoms with Crippen molar-refractivity contribution in [1.82, 2.24) is 15.8 Å². The Kier molecular flexibility index (Phi) is 4.80. The standard InChI is InChI=1S/C11H23N3S/c1-4-6-8-11(3)12-10(15)14(13-11)9-7-5-2/h13H,4-9H2,1-3H3,(H,12,15)/t11-/m0/s1. The number of hydrogen-bond acceptors (Lipinski definition) is 2. The fourth-order valence-corrected chi connectivity index (χ4v) is 2.16. The monoisotopic (exact) mass is 229 g/mol. The number of hydrazine groups is 1. The second kappa shape index (κ2) is 5.66. The van der Waals surface area contributed by atoms with Crippen LogP contribution in [0.4, 0.5) is 0 Å². The number of nitrogens with zero attached hydrogens (tertiary/aromatic N) is 1. The van der Waals surface area contributed by atoms with Crippen LogP contribution in [0.1, 0.15) is 52.9 Å². The number of rotatable bonds is 6. The van der Waals surface area contributed by atoms with Crippen LogP contribution in [-0.2, 0) is 0 Å². The Hall–Kier alpha value is -0.350. The van der Waals surface area contributed by atoms with Gasteiger partial charge in [0, 0.05) is 6.54 Å². The van der Waals surface area contributed by atoms with Crippen LogP contribution in [0.2, 0.25) is 0 Å². The summed E-state index contributed by atoms with van der Waals surface area (Å²) in [4.78, 5) is 0. The fraction of sp³-hybridized carbons (Fsp3) is 0.909. The van der Waals surface area contributed by atoms with Crippen LogP contribution in [0.15, 0.2) is 0 Å². The molecule has 0 aromatic rings. The molecule has 0 aliphatic carbocycles. The molecule has 4 heteroatoms. The summed E-state index contributed by atoms with van der Waals surface area (Å²) in [5.74, 6) is 0. The van der Waals surface area contributed by atoms with Gasteiger partial charge in [-0.05, 0) is 38.4 Å². The minimum absolute atomic E-state index is 0.0269. The van der Waals surface area contributed by atoms with E-state index in [0.717, 1.165) is 18.1 Å². The molecule has 1 fully saturated rings. The highest BCUT2D eigenvalue weighted by Gasteiger charge is 2.34. The lowest BCUT2D eigenvalue weighted by molar-refractivity contribution is 0.216. The SMILES string of the molecule is CCCCN1N[C@@](C)(CCCC)NC1=S. The molecule has 0 aromatic carbocycles. The Morgan fingerprint density at radius 2 is 1.93 bits per heavy atom. The third-order valence-electron chi connectivity index (χ3n) is 2.78. The number of unbranched alkanes of at least 4 members (excludes halogenated alkanes) is 2. The number of thiocarbonyl (C=S) groups is 1. The van der Waals surface area contributed by atoms with Crippen molar-refractivity contribution in [3.05, 3.63) is 0 Å². The van der Waals surface area contributed by atoms with E-state index in [1.165, 1.54) is 25.7 Å². The fourth-order valence-electron chi connectivity index (χ4n) is 1.80. The molecule has 0 amide bonds. The quantitative estimate of drug-likeness (QED) is 0.684. The average molecular weight is 229 g/mol. The zero-order valence-electron chi connectivity index (χ0n) is 10.1. The largest absolute Gasteiger partial charge is 0.342 e. The van der Waals surface area contributed by atoms with Gasteiger partial charge in [0.1, 0.15) is 5.66 Å². The minimum Gasteiger partial charge on any atom is -0.342 e. The molecule has 15 heavy (non-hydrogen) atoms. The second-order valence-electron chi connectivity index (χ2n) is 4.48. The van der Waals surface area contributed by atoms with Gasteiger partial charge in [-0.25, -0.2) is 5.43 Å². The molecule has 1 heterocycles. The molecule has 0 bridgehead atoms. The molecular weight excluding hydrogens is 206 g/mol. The summed E-state index contributed by atoms with van der Waals surface area (Å²) in [6, 6.07) is 0. The molecule has 0 aromatic heterocycles. The van der Waals surface area contributed by atoms with Crippen molar-refractivity contribution < 1.29 is 0 Å². The molecule has 1 aliphatic heterocycles. The van der Waals surface area contributed by atoms with Crippen molar-refractivity contribution in [2.24, 2.45) is 0 Å². The summed E-state index contributed by atoms with van der Waals surface area (Å²) in [5, 5.41) is 6.30. The highest BCUT2D eigenvalue weighted by molar-refractivity contribution is 7.80. The number of nitrogens with one attached hydrogen (secondary N) is 2. The summed E-state index contributed by atoms with van der Waals surface area (Å²) in [6.07, 6.45) is 5.94. The maximum atomic E-state index is 5.31. The Balaban J connectivity index is 2.42. The van der Waals surface area contributed by atoms with E-state index >= 15 is 0 Å². The van der Waals surface area contributed by atoms with Gasteiger partial charge in [0.05, 0.1) is 0 Å². The summed E-state index contributed by atoms with van der Waals surface area (Å²) >= 11 is 5.31. The summed E-state index contributed by atoms with van der Waals surface area (Å²) < 4.78 is 0. The Morgan fingerprint density at radius 3 is 2.53 bits per heavy atom. The molecule has 88 valence electrons. The van der Waals surface area contributed by atoms with Gasteiger partial charge in [0.2, 0.25) is 0 Å². The molecule has 1 aliphatic rings. The molecule has 0 unspecified atom stereocenters. The lowest BCUT2D eigenvalue weighted by Crippen LogP contribution is -2.48. The van der Waals surface area contributed by atoms with Gasteiger partial charge >= 0.3 is 0 Å². The third-order valence-corrected chi connectivity index (χ3v) is 3.10. The van der Waals surface area contributed by atoms with E-state index < -0.39 is 0 Å². The van der Waals surface area contributed by atoms with Gasteiger partial charge in [-0.2, -0.15) is 0 Å². The maximum Gasteiger partial charge on any atom is 0.185 e. The van der Waals surface area contributed by atoms with Crippen LogP contribution >= 0.6 is 12.2 Å². The summed E-state index contributed by atoms with van der Waals surface area (Å²) in [5.41, 5.74) is 3.44. The van der Waals surface area contributed by atoms with Crippen molar-refractivity contribution in [2.45, 2.75) is 58.5 Å². The summed E-state index contributed by atoms with van der Waals surface area (Å²) in [7, 11) is 0. The first-order valence-electron chi connectivity index (χ1n) is 5.99. The minimum atomic E-state index is -0.0269. The van der Waals surface area contributed by atoms with E-state index in [0.29, 0.717) is 0 Å². The van der Waals surface area contributed by atoms with Crippen LogP contribution in [0.5, 0.6) is 0 Å². The Bertz CT molecular complexity index is 220.